The van der Waals surface area contributed by atoms with E-state index in [0.717, 1.165) is 72.4 Å². The number of piperidine rings is 1. The summed E-state index contributed by atoms with van der Waals surface area (Å²) in [5, 5.41) is 5.95. The van der Waals surface area contributed by atoms with Crippen LogP contribution in [0.1, 0.15) is 67.2 Å². The molecular weight excluding hydrogens is 360 g/mol. The molecule has 5 nitrogen and oxygen atoms in total. The standard InChI is InChI=1S/C24H28N4O/c1-3-18-14-20(24(29)27-13-7-8-16(2)15-27)21-22(17-11-12-17)26-28(23(21)25-18)19-9-5-4-6-10-19/h4-6,9-10,14,16-17H,3,7-8,11-13,15H2,1-2H3/t16-/m0/s1. The van der Waals surface area contributed by atoms with Crippen molar-refractivity contribution < 1.29 is 4.79 Å². The van der Waals surface area contributed by atoms with Crippen LogP contribution in [0, 0.1) is 5.92 Å². The van der Waals surface area contributed by atoms with E-state index in [9.17, 15) is 4.79 Å². The van der Waals surface area contributed by atoms with Gasteiger partial charge in [-0.15, -0.1) is 0 Å². The Morgan fingerprint density at radius 3 is 2.66 bits per heavy atom. The molecule has 1 saturated carbocycles. The van der Waals surface area contributed by atoms with E-state index in [4.69, 9.17) is 10.1 Å². The number of carbonyl (C=O) groups is 1. The number of aromatic nitrogens is 3. The number of para-hydroxylation sites is 1. The summed E-state index contributed by atoms with van der Waals surface area (Å²) in [7, 11) is 0. The maximum Gasteiger partial charge on any atom is 0.254 e. The molecule has 150 valence electrons. The summed E-state index contributed by atoms with van der Waals surface area (Å²) in [5.41, 5.74) is 4.61. The van der Waals surface area contributed by atoms with E-state index in [1.807, 2.05) is 33.8 Å². The molecule has 1 aliphatic heterocycles. The number of carbonyl (C=O) groups excluding carboxylic acids is 1. The molecule has 0 unspecified atom stereocenters. The fraction of sp³-hybridized carbons (Fsp3) is 0.458. The SMILES string of the molecule is CCc1cc(C(=O)N2CCC[C@H](C)C2)c2c(C3CC3)nn(-c3ccccc3)c2n1. The normalized spacial score (nSPS) is 19.7. The van der Waals surface area contributed by atoms with Gasteiger partial charge in [0.2, 0.25) is 0 Å². The molecular formula is C24H28N4O. The molecule has 0 radical (unpaired) electrons. The van der Waals surface area contributed by atoms with Crippen molar-refractivity contribution >= 4 is 16.9 Å². The van der Waals surface area contributed by atoms with Gasteiger partial charge in [-0.1, -0.05) is 32.0 Å². The van der Waals surface area contributed by atoms with Crippen molar-refractivity contribution in [1.82, 2.24) is 19.7 Å². The van der Waals surface area contributed by atoms with Crippen molar-refractivity contribution in [2.45, 2.75) is 51.9 Å². The largest absolute Gasteiger partial charge is 0.338 e. The molecule has 0 spiro atoms. The minimum Gasteiger partial charge on any atom is -0.338 e. The van der Waals surface area contributed by atoms with E-state index in [-0.39, 0.29) is 5.91 Å². The minimum atomic E-state index is 0.146. The van der Waals surface area contributed by atoms with E-state index in [1.165, 1.54) is 6.42 Å². The van der Waals surface area contributed by atoms with Gasteiger partial charge in [0.1, 0.15) is 0 Å². The summed E-state index contributed by atoms with van der Waals surface area (Å²) < 4.78 is 1.94. The molecule has 5 rings (SSSR count). The van der Waals surface area contributed by atoms with Crippen LogP contribution in [0.5, 0.6) is 0 Å². The van der Waals surface area contributed by atoms with Crippen molar-refractivity contribution in [1.29, 1.82) is 0 Å². The maximum atomic E-state index is 13.6. The van der Waals surface area contributed by atoms with Crippen LogP contribution >= 0.6 is 0 Å². The number of pyridine rings is 1. The van der Waals surface area contributed by atoms with Gasteiger partial charge >= 0.3 is 0 Å². The van der Waals surface area contributed by atoms with E-state index in [2.05, 4.69) is 26.0 Å². The summed E-state index contributed by atoms with van der Waals surface area (Å²) in [6, 6.07) is 12.2. The van der Waals surface area contributed by atoms with Crippen molar-refractivity contribution in [2.75, 3.05) is 13.1 Å². The number of fused-ring (bicyclic) bond motifs is 1. The first-order valence-corrected chi connectivity index (χ1v) is 10.9. The van der Waals surface area contributed by atoms with Gasteiger partial charge in [-0.3, -0.25) is 4.79 Å². The highest BCUT2D eigenvalue weighted by molar-refractivity contribution is 6.07. The van der Waals surface area contributed by atoms with Crippen LogP contribution in [0.2, 0.25) is 0 Å². The number of rotatable bonds is 4. The topological polar surface area (TPSA) is 51.0 Å². The zero-order valence-electron chi connectivity index (χ0n) is 17.3. The van der Waals surface area contributed by atoms with Gasteiger partial charge in [0.05, 0.1) is 22.3 Å². The number of hydrogen-bond acceptors (Lipinski definition) is 3. The van der Waals surface area contributed by atoms with Gasteiger partial charge in [-0.25, -0.2) is 9.67 Å². The van der Waals surface area contributed by atoms with Crippen LogP contribution in [-0.2, 0) is 6.42 Å². The maximum absolute atomic E-state index is 13.6. The zero-order chi connectivity index (χ0) is 20.0. The second kappa shape index (κ2) is 7.29. The molecule has 0 N–H and O–H groups in total. The van der Waals surface area contributed by atoms with Gasteiger partial charge in [0, 0.05) is 24.7 Å². The van der Waals surface area contributed by atoms with Gasteiger partial charge in [0.15, 0.2) is 5.65 Å². The van der Waals surface area contributed by atoms with Crippen LogP contribution in [-0.4, -0.2) is 38.7 Å². The highest BCUT2D eigenvalue weighted by atomic mass is 16.2. The van der Waals surface area contributed by atoms with Gasteiger partial charge in [0.25, 0.3) is 5.91 Å². The smallest absolute Gasteiger partial charge is 0.254 e. The third-order valence-electron chi connectivity index (χ3n) is 6.22. The van der Waals surface area contributed by atoms with E-state index in [0.29, 0.717) is 11.8 Å². The lowest BCUT2D eigenvalue weighted by Gasteiger charge is -2.31. The first kappa shape index (κ1) is 18.3. The number of nitrogens with zero attached hydrogens (tertiary/aromatic N) is 4. The Bertz CT molecular complexity index is 1050. The van der Waals surface area contributed by atoms with E-state index >= 15 is 0 Å². The number of amides is 1. The molecule has 0 bridgehead atoms. The lowest BCUT2D eigenvalue weighted by Crippen LogP contribution is -2.39. The number of likely N-dealkylation sites (tertiary alicyclic amines) is 1. The van der Waals surface area contributed by atoms with E-state index < -0.39 is 0 Å². The Balaban J connectivity index is 1.71. The Kier molecular flexibility index (Phi) is 4.61. The molecule has 1 saturated heterocycles. The minimum absolute atomic E-state index is 0.146. The average Bonchev–Trinajstić information content (AvgIpc) is 3.53. The highest BCUT2D eigenvalue weighted by Gasteiger charge is 2.33. The highest BCUT2D eigenvalue weighted by Crippen LogP contribution is 2.44. The third-order valence-corrected chi connectivity index (χ3v) is 6.22. The fourth-order valence-corrected chi connectivity index (χ4v) is 4.48. The Hall–Kier alpha value is -2.69. The number of aryl methyl sites for hydroxylation is 1. The molecule has 29 heavy (non-hydrogen) atoms. The predicted octanol–water partition coefficient (Wildman–Crippen LogP) is 4.73. The fourth-order valence-electron chi connectivity index (χ4n) is 4.48. The Labute approximate surface area is 171 Å². The van der Waals surface area contributed by atoms with Crippen molar-refractivity contribution in [2.24, 2.45) is 5.92 Å². The summed E-state index contributed by atoms with van der Waals surface area (Å²) in [6.07, 6.45) is 5.37. The first-order valence-electron chi connectivity index (χ1n) is 10.9. The molecule has 3 aromatic rings. The van der Waals surface area contributed by atoms with Crippen LogP contribution in [0.15, 0.2) is 36.4 Å². The summed E-state index contributed by atoms with van der Waals surface area (Å²) in [5.74, 6) is 1.15. The molecule has 1 aliphatic carbocycles. The Morgan fingerprint density at radius 1 is 1.17 bits per heavy atom. The third kappa shape index (κ3) is 3.33. The van der Waals surface area contributed by atoms with Gasteiger partial charge < -0.3 is 4.90 Å². The van der Waals surface area contributed by atoms with E-state index in [1.54, 1.807) is 0 Å². The van der Waals surface area contributed by atoms with Gasteiger partial charge in [-0.2, -0.15) is 5.10 Å². The summed E-state index contributed by atoms with van der Waals surface area (Å²) in [6.45, 7) is 6.02. The molecule has 1 amide bonds. The first-order chi connectivity index (χ1) is 14.2. The van der Waals surface area contributed by atoms with Gasteiger partial charge in [-0.05, 0) is 56.2 Å². The van der Waals surface area contributed by atoms with Crippen molar-refractivity contribution in [3.8, 4) is 5.69 Å². The van der Waals surface area contributed by atoms with Crippen LogP contribution in [0.3, 0.4) is 0 Å². The Morgan fingerprint density at radius 2 is 1.97 bits per heavy atom. The molecule has 2 fully saturated rings. The second-order valence-electron chi connectivity index (χ2n) is 8.62. The summed E-state index contributed by atoms with van der Waals surface area (Å²) >= 11 is 0. The monoisotopic (exact) mass is 388 g/mol. The summed E-state index contributed by atoms with van der Waals surface area (Å²) in [4.78, 5) is 20.6. The molecule has 1 atom stereocenters. The van der Waals surface area contributed by atoms with Crippen LogP contribution in [0.4, 0.5) is 0 Å². The average molecular weight is 389 g/mol. The van der Waals surface area contributed by atoms with Crippen LogP contribution in [0.25, 0.3) is 16.7 Å². The molecule has 3 heterocycles. The second-order valence-corrected chi connectivity index (χ2v) is 8.62. The molecule has 2 aliphatic rings. The predicted molar refractivity (Wildman–Crippen MR) is 115 cm³/mol. The quantitative estimate of drug-likeness (QED) is 0.649. The molecule has 5 heteroatoms. The van der Waals surface area contributed by atoms with Crippen molar-refractivity contribution in [3.63, 3.8) is 0 Å². The zero-order valence-corrected chi connectivity index (χ0v) is 17.3. The van der Waals surface area contributed by atoms with Crippen LogP contribution < -0.4 is 0 Å². The lowest BCUT2D eigenvalue weighted by molar-refractivity contribution is 0.0685. The lowest BCUT2D eigenvalue weighted by atomic mass is 9.98. The molecule has 1 aromatic carbocycles. The van der Waals surface area contributed by atoms with Crippen molar-refractivity contribution in [3.05, 3.63) is 53.3 Å². The number of hydrogen-bond donors (Lipinski definition) is 0. The molecule has 2 aromatic heterocycles. The number of benzene rings is 1.